The molecule has 2 aromatic rings. The summed E-state index contributed by atoms with van der Waals surface area (Å²) in [6.45, 7) is 2.23. The Bertz CT molecular complexity index is 533. The Hall–Kier alpha value is -1.72. The smallest absolute Gasteiger partial charge is 0.123 e. The van der Waals surface area contributed by atoms with Crippen molar-refractivity contribution in [3.05, 3.63) is 41.8 Å². The zero-order valence-corrected chi connectivity index (χ0v) is 11.3. The minimum Gasteiger partial charge on any atom is -0.329 e. The number of nitrogens with zero attached hydrogens (tertiary/aromatic N) is 3. The van der Waals surface area contributed by atoms with Crippen LogP contribution < -0.4 is 5.73 Å². The van der Waals surface area contributed by atoms with Crippen LogP contribution in [0, 0.1) is 5.82 Å². The lowest BCUT2D eigenvalue weighted by molar-refractivity contribution is 0.336. The van der Waals surface area contributed by atoms with Crippen molar-refractivity contribution in [3.63, 3.8) is 0 Å². The highest BCUT2D eigenvalue weighted by atomic mass is 19.1. The van der Waals surface area contributed by atoms with Crippen molar-refractivity contribution in [1.29, 1.82) is 0 Å². The Morgan fingerprint density at radius 1 is 1.32 bits per heavy atom. The monoisotopic (exact) mass is 262 g/mol. The molecule has 2 rings (SSSR count). The average Bonchev–Trinajstić information content (AvgIpc) is 2.72. The van der Waals surface area contributed by atoms with E-state index in [9.17, 15) is 4.39 Å². The van der Waals surface area contributed by atoms with Gasteiger partial charge in [0.1, 0.15) is 5.82 Å². The molecular weight excluding hydrogens is 243 g/mol. The number of benzene rings is 1. The highest BCUT2D eigenvalue weighted by Gasteiger charge is 2.12. The minimum atomic E-state index is -0.229. The fourth-order valence-electron chi connectivity index (χ4n) is 2.17. The van der Waals surface area contributed by atoms with Crippen molar-refractivity contribution in [2.24, 2.45) is 12.8 Å². The van der Waals surface area contributed by atoms with Gasteiger partial charge in [-0.25, -0.2) is 4.39 Å². The second kappa shape index (κ2) is 5.95. The van der Waals surface area contributed by atoms with Crippen molar-refractivity contribution in [3.8, 4) is 11.3 Å². The average molecular weight is 262 g/mol. The Labute approximate surface area is 112 Å². The van der Waals surface area contributed by atoms with Gasteiger partial charge in [-0.2, -0.15) is 5.10 Å². The zero-order valence-electron chi connectivity index (χ0n) is 11.3. The van der Waals surface area contributed by atoms with E-state index < -0.39 is 0 Å². The first-order valence-electron chi connectivity index (χ1n) is 6.27. The van der Waals surface area contributed by atoms with E-state index >= 15 is 0 Å². The van der Waals surface area contributed by atoms with Gasteiger partial charge in [0, 0.05) is 37.8 Å². The second-order valence-electron chi connectivity index (χ2n) is 4.68. The SMILES string of the molecule is CN(CCN)Cc1cnn(C)c1-c1ccc(F)cc1. The molecule has 0 atom stereocenters. The van der Waals surface area contributed by atoms with Gasteiger partial charge in [0.15, 0.2) is 0 Å². The molecule has 0 amide bonds. The molecule has 0 radical (unpaired) electrons. The Balaban J connectivity index is 2.29. The normalized spacial score (nSPS) is 11.2. The van der Waals surface area contributed by atoms with E-state index in [0.717, 1.165) is 29.9 Å². The largest absolute Gasteiger partial charge is 0.329 e. The predicted octanol–water partition coefficient (Wildman–Crippen LogP) is 1.62. The topological polar surface area (TPSA) is 47.1 Å². The van der Waals surface area contributed by atoms with E-state index in [4.69, 9.17) is 5.73 Å². The van der Waals surface area contributed by atoms with Gasteiger partial charge >= 0.3 is 0 Å². The summed E-state index contributed by atoms with van der Waals surface area (Å²) in [4.78, 5) is 2.14. The maximum Gasteiger partial charge on any atom is 0.123 e. The maximum absolute atomic E-state index is 13.0. The molecule has 2 N–H and O–H groups in total. The van der Waals surface area contributed by atoms with Gasteiger partial charge in [0.2, 0.25) is 0 Å². The van der Waals surface area contributed by atoms with E-state index in [0.29, 0.717) is 6.54 Å². The molecule has 0 aliphatic rings. The van der Waals surface area contributed by atoms with Gasteiger partial charge in [-0.15, -0.1) is 0 Å². The first kappa shape index (κ1) is 13.7. The van der Waals surface area contributed by atoms with Gasteiger partial charge in [-0.05, 0) is 31.3 Å². The Morgan fingerprint density at radius 2 is 2.00 bits per heavy atom. The molecule has 0 aliphatic heterocycles. The van der Waals surface area contributed by atoms with E-state index in [2.05, 4.69) is 10.00 Å². The summed E-state index contributed by atoms with van der Waals surface area (Å²) >= 11 is 0. The molecule has 0 fully saturated rings. The highest BCUT2D eigenvalue weighted by molar-refractivity contribution is 5.63. The molecule has 0 aliphatic carbocycles. The third kappa shape index (κ3) is 3.19. The van der Waals surface area contributed by atoms with Crippen molar-refractivity contribution < 1.29 is 4.39 Å². The number of rotatable bonds is 5. The summed E-state index contributed by atoms with van der Waals surface area (Å²) in [5, 5.41) is 4.29. The first-order chi connectivity index (χ1) is 9.11. The summed E-state index contributed by atoms with van der Waals surface area (Å²) < 4.78 is 14.8. The molecule has 1 heterocycles. The van der Waals surface area contributed by atoms with Crippen LogP contribution in [0.4, 0.5) is 4.39 Å². The summed E-state index contributed by atoms with van der Waals surface area (Å²) in [7, 11) is 3.92. The molecule has 0 unspecified atom stereocenters. The molecule has 0 saturated carbocycles. The fourth-order valence-corrected chi connectivity index (χ4v) is 2.17. The van der Waals surface area contributed by atoms with Gasteiger partial charge in [-0.1, -0.05) is 0 Å². The minimum absolute atomic E-state index is 0.229. The lowest BCUT2D eigenvalue weighted by Crippen LogP contribution is -2.25. The van der Waals surface area contributed by atoms with Crippen LogP contribution in [0.25, 0.3) is 11.3 Å². The van der Waals surface area contributed by atoms with Crippen LogP contribution >= 0.6 is 0 Å². The number of likely N-dealkylation sites (N-methyl/N-ethyl adjacent to an activating group) is 1. The quantitative estimate of drug-likeness (QED) is 0.890. The molecule has 5 heteroatoms. The number of nitrogens with two attached hydrogens (primary N) is 1. The van der Waals surface area contributed by atoms with Crippen molar-refractivity contribution in [2.45, 2.75) is 6.54 Å². The van der Waals surface area contributed by atoms with Crippen LogP contribution in [0.3, 0.4) is 0 Å². The van der Waals surface area contributed by atoms with E-state index in [1.807, 2.05) is 25.0 Å². The van der Waals surface area contributed by atoms with Gasteiger partial charge in [-0.3, -0.25) is 4.68 Å². The van der Waals surface area contributed by atoms with Crippen LogP contribution in [-0.4, -0.2) is 34.8 Å². The number of hydrogen-bond donors (Lipinski definition) is 1. The maximum atomic E-state index is 13.0. The summed E-state index contributed by atoms with van der Waals surface area (Å²) in [6.07, 6.45) is 1.85. The molecule has 0 bridgehead atoms. The van der Waals surface area contributed by atoms with Gasteiger partial charge in [0.05, 0.1) is 11.9 Å². The van der Waals surface area contributed by atoms with Crippen molar-refractivity contribution >= 4 is 0 Å². The standard InChI is InChI=1S/C14H19FN4/c1-18(8-7-16)10-12-9-17-19(2)14(12)11-3-5-13(15)6-4-11/h3-6,9H,7-8,10,16H2,1-2H3. The fraction of sp³-hybridized carbons (Fsp3) is 0.357. The predicted molar refractivity (Wildman–Crippen MR) is 74.0 cm³/mol. The molecule has 0 saturated heterocycles. The summed E-state index contributed by atoms with van der Waals surface area (Å²) in [5.74, 6) is -0.229. The van der Waals surface area contributed by atoms with E-state index in [-0.39, 0.29) is 5.82 Å². The van der Waals surface area contributed by atoms with Crippen LogP contribution in [-0.2, 0) is 13.6 Å². The second-order valence-corrected chi connectivity index (χ2v) is 4.68. The third-order valence-electron chi connectivity index (χ3n) is 3.08. The van der Waals surface area contributed by atoms with Crippen molar-refractivity contribution in [2.75, 3.05) is 20.1 Å². The molecule has 19 heavy (non-hydrogen) atoms. The van der Waals surface area contributed by atoms with E-state index in [1.54, 1.807) is 12.1 Å². The number of hydrogen-bond acceptors (Lipinski definition) is 3. The first-order valence-corrected chi connectivity index (χ1v) is 6.27. The van der Waals surface area contributed by atoms with Crippen LogP contribution in [0.2, 0.25) is 0 Å². The lowest BCUT2D eigenvalue weighted by Gasteiger charge is -2.15. The van der Waals surface area contributed by atoms with Gasteiger partial charge < -0.3 is 10.6 Å². The van der Waals surface area contributed by atoms with Gasteiger partial charge in [0.25, 0.3) is 0 Å². The highest BCUT2D eigenvalue weighted by Crippen LogP contribution is 2.24. The number of halogens is 1. The zero-order chi connectivity index (χ0) is 13.8. The molecule has 1 aromatic carbocycles. The number of aromatic nitrogens is 2. The molecule has 1 aromatic heterocycles. The molecule has 0 spiro atoms. The Kier molecular flexibility index (Phi) is 4.29. The number of aryl methyl sites for hydroxylation is 1. The summed E-state index contributed by atoms with van der Waals surface area (Å²) in [5.41, 5.74) is 8.65. The molecular formula is C14H19FN4. The molecule has 102 valence electrons. The van der Waals surface area contributed by atoms with Crippen LogP contribution in [0.5, 0.6) is 0 Å². The molecule has 4 nitrogen and oxygen atoms in total. The van der Waals surface area contributed by atoms with Crippen LogP contribution in [0.15, 0.2) is 30.5 Å². The van der Waals surface area contributed by atoms with Crippen molar-refractivity contribution in [1.82, 2.24) is 14.7 Å². The third-order valence-corrected chi connectivity index (χ3v) is 3.08. The Morgan fingerprint density at radius 3 is 2.63 bits per heavy atom. The summed E-state index contributed by atoms with van der Waals surface area (Å²) in [6, 6.07) is 6.49. The van der Waals surface area contributed by atoms with E-state index in [1.165, 1.54) is 12.1 Å². The lowest BCUT2D eigenvalue weighted by atomic mass is 10.1. The van der Waals surface area contributed by atoms with Crippen LogP contribution in [0.1, 0.15) is 5.56 Å².